The lowest BCUT2D eigenvalue weighted by atomic mass is 9.90. The van der Waals surface area contributed by atoms with Gasteiger partial charge in [-0.25, -0.2) is 4.79 Å². The van der Waals surface area contributed by atoms with E-state index in [0.29, 0.717) is 19.5 Å². The van der Waals surface area contributed by atoms with E-state index in [0.717, 1.165) is 11.5 Å². The van der Waals surface area contributed by atoms with Crippen LogP contribution in [0.3, 0.4) is 0 Å². The molecule has 2 atom stereocenters. The summed E-state index contributed by atoms with van der Waals surface area (Å²) in [6, 6.07) is -0.0386. The molecular weight excluding hydrogens is 252 g/mol. The summed E-state index contributed by atoms with van der Waals surface area (Å²) in [6.07, 6.45) is 0.522. The van der Waals surface area contributed by atoms with Crippen LogP contribution in [0.4, 0.5) is 4.79 Å². The lowest BCUT2D eigenvalue weighted by Gasteiger charge is -2.22. The van der Waals surface area contributed by atoms with Crippen molar-refractivity contribution in [2.45, 2.75) is 33.2 Å². The maximum Gasteiger partial charge on any atom is 0.317 e. The number of carbonyl (C=O) groups is 2. The molecule has 1 aliphatic rings. The summed E-state index contributed by atoms with van der Waals surface area (Å²) >= 11 is 1.78. The molecular formula is C12H22N2O3S. The second kappa shape index (κ2) is 6.31. The summed E-state index contributed by atoms with van der Waals surface area (Å²) in [6.45, 7) is 6.55. The van der Waals surface area contributed by atoms with Crippen molar-refractivity contribution < 1.29 is 14.7 Å². The fourth-order valence-corrected chi connectivity index (χ4v) is 2.62. The topological polar surface area (TPSA) is 69.6 Å². The van der Waals surface area contributed by atoms with Crippen molar-refractivity contribution in [3.05, 3.63) is 0 Å². The second-order valence-corrected chi connectivity index (χ2v) is 6.37. The first-order chi connectivity index (χ1) is 8.39. The van der Waals surface area contributed by atoms with E-state index in [2.05, 4.69) is 12.2 Å². The van der Waals surface area contributed by atoms with E-state index >= 15 is 0 Å². The van der Waals surface area contributed by atoms with E-state index in [4.69, 9.17) is 5.11 Å². The van der Waals surface area contributed by atoms with Crippen molar-refractivity contribution in [3.8, 4) is 0 Å². The van der Waals surface area contributed by atoms with Gasteiger partial charge in [0, 0.05) is 24.9 Å². The van der Waals surface area contributed by atoms with Crippen molar-refractivity contribution >= 4 is 23.8 Å². The molecule has 1 rings (SSSR count). The molecule has 0 bridgehead atoms. The van der Waals surface area contributed by atoms with Gasteiger partial charge in [0.25, 0.3) is 0 Å². The van der Waals surface area contributed by atoms with Gasteiger partial charge < -0.3 is 15.3 Å². The number of amides is 2. The number of hydrogen-bond acceptors (Lipinski definition) is 3. The third kappa shape index (κ3) is 3.80. The normalized spacial score (nSPS) is 24.9. The Morgan fingerprint density at radius 2 is 2.22 bits per heavy atom. The molecule has 0 aromatic heterocycles. The molecule has 1 aliphatic heterocycles. The molecule has 2 N–H and O–H groups in total. The van der Waals surface area contributed by atoms with Gasteiger partial charge in [-0.15, -0.1) is 0 Å². The zero-order valence-corrected chi connectivity index (χ0v) is 12.0. The molecule has 1 heterocycles. The van der Waals surface area contributed by atoms with Crippen molar-refractivity contribution in [3.63, 3.8) is 0 Å². The number of nitrogens with one attached hydrogen (secondary N) is 1. The summed E-state index contributed by atoms with van der Waals surface area (Å²) in [5.74, 6) is 1.08. The predicted octanol–water partition coefficient (Wildman–Crippen LogP) is 1.63. The van der Waals surface area contributed by atoms with Crippen LogP contribution in [0.5, 0.6) is 0 Å². The van der Waals surface area contributed by atoms with Crippen molar-refractivity contribution in [1.82, 2.24) is 10.2 Å². The van der Waals surface area contributed by atoms with Crippen molar-refractivity contribution in [1.29, 1.82) is 0 Å². The minimum absolute atomic E-state index is 0.110. The first kappa shape index (κ1) is 15.1. The van der Waals surface area contributed by atoms with Gasteiger partial charge in [0.2, 0.25) is 0 Å². The molecule has 0 aliphatic carbocycles. The standard InChI is InChI=1S/C12H22N2O3S/c1-4-18-7-9(2)13-11(17)14-6-5-12(3,8-14)10(15)16/h9H,4-8H2,1-3H3,(H,13,17)(H,15,16). The van der Waals surface area contributed by atoms with Gasteiger partial charge in [-0.3, -0.25) is 4.79 Å². The summed E-state index contributed by atoms with van der Waals surface area (Å²) in [5, 5.41) is 12.0. The Balaban J connectivity index is 2.43. The predicted molar refractivity (Wildman–Crippen MR) is 72.9 cm³/mol. The molecule has 2 amide bonds. The lowest BCUT2D eigenvalue weighted by molar-refractivity contribution is -0.146. The summed E-state index contributed by atoms with van der Waals surface area (Å²) in [4.78, 5) is 24.6. The number of carboxylic acids is 1. The Labute approximate surface area is 112 Å². The molecule has 0 aromatic carbocycles. The highest BCUT2D eigenvalue weighted by Crippen LogP contribution is 2.29. The first-order valence-electron chi connectivity index (χ1n) is 6.25. The van der Waals surface area contributed by atoms with Gasteiger partial charge >= 0.3 is 12.0 Å². The zero-order valence-electron chi connectivity index (χ0n) is 11.2. The van der Waals surface area contributed by atoms with Gasteiger partial charge in [-0.05, 0) is 26.0 Å². The fraction of sp³-hybridized carbons (Fsp3) is 0.833. The number of nitrogens with zero attached hydrogens (tertiary/aromatic N) is 1. The average molecular weight is 274 g/mol. The zero-order chi connectivity index (χ0) is 13.8. The van der Waals surface area contributed by atoms with E-state index in [1.807, 2.05) is 6.92 Å². The van der Waals surface area contributed by atoms with E-state index in [-0.39, 0.29) is 12.1 Å². The summed E-state index contributed by atoms with van der Waals surface area (Å²) in [7, 11) is 0. The monoisotopic (exact) mass is 274 g/mol. The van der Waals surface area contributed by atoms with E-state index in [1.165, 1.54) is 0 Å². The quantitative estimate of drug-likeness (QED) is 0.799. The molecule has 104 valence electrons. The molecule has 0 spiro atoms. The largest absolute Gasteiger partial charge is 0.481 e. The molecule has 0 aromatic rings. The number of likely N-dealkylation sites (tertiary alicyclic amines) is 1. The van der Waals surface area contributed by atoms with Crippen LogP contribution in [0.1, 0.15) is 27.2 Å². The summed E-state index contributed by atoms with van der Waals surface area (Å²) in [5.41, 5.74) is -0.793. The number of urea groups is 1. The van der Waals surface area contributed by atoms with Crippen LogP contribution in [0.2, 0.25) is 0 Å². The number of carbonyl (C=O) groups excluding carboxylic acids is 1. The van der Waals surface area contributed by atoms with E-state index < -0.39 is 11.4 Å². The van der Waals surface area contributed by atoms with Crippen molar-refractivity contribution in [2.75, 3.05) is 24.6 Å². The molecule has 1 fully saturated rings. The average Bonchev–Trinajstić information content (AvgIpc) is 2.71. The van der Waals surface area contributed by atoms with E-state index in [9.17, 15) is 9.59 Å². The lowest BCUT2D eigenvalue weighted by Crippen LogP contribution is -2.45. The van der Waals surface area contributed by atoms with Crippen LogP contribution in [0, 0.1) is 5.41 Å². The maximum absolute atomic E-state index is 11.9. The highest BCUT2D eigenvalue weighted by atomic mass is 32.2. The third-order valence-electron chi connectivity index (χ3n) is 3.22. The van der Waals surface area contributed by atoms with Gasteiger partial charge in [-0.1, -0.05) is 6.92 Å². The second-order valence-electron chi connectivity index (χ2n) is 5.05. The van der Waals surface area contributed by atoms with Crippen molar-refractivity contribution in [2.24, 2.45) is 5.41 Å². The van der Waals surface area contributed by atoms with Crippen LogP contribution in [0.25, 0.3) is 0 Å². The molecule has 2 unspecified atom stereocenters. The van der Waals surface area contributed by atoms with E-state index in [1.54, 1.807) is 23.6 Å². The fourth-order valence-electron chi connectivity index (χ4n) is 1.95. The minimum Gasteiger partial charge on any atom is -0.481 e. The Kier molecular flexibility index (Phi) is 5.31. The molecule has 6 heteroatoms. The van der Waals surface area contributed by atoms with Crippen LogP contribution >= 0.6 is 11.8 Å². The SMILES string of the molecule is CCSCC(C)NC(=O)N1CCC(C)(C(=O)O)C1. The number of hydrogen-bond donors (Lipinski definition) is 2. The highest BCUT2D eigenvalue weighted by Gasteiger charge is 2.42. The number of thioether (sulfide) groups is 1. The Morgan fingerprint density at radius 3 is 2.72 bits per heavy atom. The molecule has 5 nitrogen and oxygen atoms in total. The minimum atomic E-state index is -0.826. The van der Waals surface area contributed by atoms with Crippen LogP contribution < -0.4 is 5.32 Å². The maximum atomic E-state index is 11.9. The van der Waals surface area contributed by atoms with Gasteiger partial charge in [0.05, 0.1) is 5.41 Å². The molecule has 18 heavy (non-hydrogen) atoms. The van der Waals surface area contributed by atoms with Gasteiger partial charge in [0.1, 0.15) is 0 Å². The van der Waals surface area contributed by atoms with Gasteiger partial charge in [-0.2, -0.15) is 11.8 Å². The Morgan fingerprint density at radius 1 is 1.56 bits per heavy atom. The third-order valence-corrected chi connectivity index (χ3v) is 4.36. The molecule has 1 saturated heterocycles. The first-order valence-corrected chi connectivity index (χ1v) is 7.41. The van der Waals surface area contributed by atoms with Gasteiger partial charge in [0.15, 0.2) is 0 Å². The number of aliphatic carboxylic acids is 1. The Hall–Kier alpha value is -0.910. The van der Waals surface area contributed by atoms with Crippen LogP contribution in [-0.2, 0) is 4.79 Å². The number of rotatable bonds is 5. The highest BCUT2D eigenvalue weighted by molar-refractivity contribution is 7.99. The van der Waals surface area contributed by atoms with Crippen LogP contribution in [-0.4, -0.2) is 52.6 Å². The number of carboxylic acid groups (broad SMARTS) is 1. The Bertz CT molecular complexity index is 324. The molecule has 0 radical (unpaired) electrons. The van der Waals surface area contributed by atoms with Crippen LogP contribution in [0.15, 0.2) is 0 Å². The smallest absolute Gasteiger partial charge is 0.317 e. The summed E-state index contributed by atoms with van der Waals surface area (Å²) < 4.78 is 0. The molecule has 0 saturated carbocycles.